The summed E-state index contributed by atoms with van der Waals surface area (Å²) in [4.78, 5) is 12.2. The molecule has 0 saturated carbocycles. The standard InChI is InChI=1S/C23H21N3O3/c1-14(2)22(28)20-9-7-16(18-5-3-4-6-19(18)20)13-25-26-23(29)15-8-10-21(27)17(11-15)12-24/h3-11,13-14,22,27-28H,1-2H3,(H,26,29). The minimum Gasteiger partial charge on any atom is -0.507 e. The van der Waals surface area contributed by atoms with Gasteiger partial charge in [0.15, 0.2) is 0 Å². The van der Waals surface area contributed by atoms with Crippen LogP contribution >= 0.6 is 0 Å². The highest BCUT2D eigenvalue weighted by atomic mass is 16.3. The minimum absolute atomic E-state index is 0.0203. The van der Waals surface area contributed by atoms with Gasteiger partial charge >= 0.3 is 0 Å². The van der Waals surface area contributed by atoms with Gasteiger partial charge in [0.2, 0.25) is 0 Å². The molecule has 3 aromatic carbocycles. The maximum Gasteiger partial charge on any atom is 0.271 e. The molecule has 0 spiro atoms. The Hall–Kier alpha value is -3.69. The van der Waals surface area contributed by atoms with Crippen molar-refractivity contribution in [2.24, 2.45) is 11.0 Å². The van der Waals surface area contributed by atoms with E-state index < -0.39 is 12.0 Å². The third kappa shape index (κ3) is 4.26. The molecule has 1 unspecified atom stereocenters. The van der Waals surface area contributed by atoms with E-state index in [1.54, 1.807) is 0 Å². The second kappa shape index (κ2) is 8.55. The van der Waals surface area contributed by atoms with Crippen molar-refractivity contribution in [3.8, 4) is 11.8 Å². The van der Waals surface area contributed by atoms with E-state index in [-0.39, 0.29) is 22.8 Å². The topological polar surface area (TPSA) is 106 Å². The number of nitrogens with one attached hydrogen (secondary N) is 1. The third-order valence-electron chi connectivity index (χ3n) is 4.69. The largest absolute Gasteiger partial charge is 0.507 e. The van der Waals surface area contributed by atoms with Crippen molar-refractivity contribution in [1.29, 1.82) is 5.26 Å². The molecule has 0 fully saturated rings. The number of aliphatic hydroxyl groups excluding tert-OH is 1. The van der Waals surface area contributed by atoms with Crippen LogP contribution in [0.25, 0.3) is 10.8 Å². The quantitative estimate of drug-likeness (QED) is 0.456. The van der Waals surface area contributed by atoms with Gasteiger partial charge in [-0.1, -0.05) is 50.2 Å². The molecule has 6 nitrogen and oxygen atoms in total. The average molecular weight is 387 g/mol. The fraction of sp³-hybridized carbons (Fsp3) is 0.174. The van der Waals surface area contributed by atoms with Crippen LogP contribution in [0.2, 0.25) is 0 Å². The number of amides is 1. The van der Waals surface area contributed by atoms with Gasteiger partial charge in [-0.2, -0.15) is 10.4 Å². The number of nitriles is 1. The SMILES string of the molecule is CC(C)C(O)c1ccc(C=NNC(=O)c2ccc(O)c(C#N)c2)c2ccccc12. The Labute approximate surface area is 168 Å². The highest BCUT2D eigenvalue weighted by molar-refractivity contribution is 6.02. The van der Waals surface area contributed by atoms with E-state index in [4.69, 9.17) is 5.26 Å². The van der Waals surface area contributed by atoms with Crippen LogP contribution in [0.1, 0.15) is 47.0 Å². The molecule has 0 radical (unpaired) electrons. The second-order valence-corrected chi connectivity index (χ2v) is 7.02. The maximum atomic E-state index is 12.2. The van der Waals surface area contributed by atoms with Crippen molar-refractivity contribution in [1.82, 2.24) is 5.43 Å². The summed E-state index contributed by atoms with van der Waals surface area (Å²) in [5.74, 6) is -0.586. The number of benzene rings is 3. The first-order valence-electron chi connectivity index (χ1n) is 9.18. The molecule has 0 aliphatic rings. The van der Waals surface area contributed by atoms with Crippen molar-refractivity contribution >= 4 is 22.9 Å². The molecular weight excluding hydrogens is 366 g/mol. The molecule has 1 atom stereocenters. The highest BCUT2D eigenvalue weighted by Crippen LogP contribution is 2.30. The van der Waals surface area contributed by atoms with Gasteiger partial charge < -0.3 is 10.2 Å². The molecule has 0 saturated heterocycles. The zero-order chi connectivity index (χ0) is 21.0. The summed E-state index contributed by atoms with van der Waals surface area (Å²) in [6.07, 6.45) is 0.964. The Balaban J connectivity index is 1.85. The monoisotopic (exact) mass is 387 g/mol. The van der Waals surface area contributed by atoms with Gasteiger partial charge in [0.1, 0.15) is 11.8 Å². The van der Waals surface area contributed by atoms with E-state index in [1.165, 1.54) is 24.4 Å². The Morgan fingerprint density at radius 2 is 1.86 bits per heavy atom. The molecule has 0 aliphatic carbocycles. The van der Waals surface area contributed by atoms with Crippen LogP contribution in [0, 0.1) is 17.2 Å². The van der Waals surface area contributed by atoms with Crippen molar-refractivity contribution in [2.45, 2.75) is 20.0 Å². The molecule has 146 valence electrons. The van der Waals surface area contributed by atoms with Crippen LogP contribution < -0.4 is 5.43 Å². The molecule has 3 N–H and O–H groups in total. The van der Waals surface area contributed by atoms with Crippen LogP contribution in [0.5, 0.6) is 5.75 Å². The number of phenols is 1. The predicted octanol–water partition coefficient (Wildman–Crippen LogP) is 3.87. The van der Waals surface area contributed by atoms with Gasteiger partial charge in [-0.05, 0) is 40.5 Å². The van der Waals surface area contributed by atoms with Crippen LogP contribution in [0.15, 0.2) is 59.7 Å². The fourth-order valence-electron chi connectivity index (χ4n) is 3.07. The molecule has 0 aromatic heterocycles. The van der Waals surface area contributed by atoms with Crippen molar-refractivity contribution in [3.63, 3.8) is 0 Å². The molecule has 3 rings (SSSR count). The summed E-state index contributed by atoms with van der Waals surface area (Å²) >= 11 is 0. The summed E-state index contributed by atoms with van der Waals surface area (Å²) in [6.45, 7) is 3.93. The zero-order valence-electron chi connectivity index (χ0n) is 16.1. The molecule has 1 amide bonds. The lowest BCUT2D eigenvalue weighted by molar-refractivity contribution is 0.0955. The van der Waals surface area contributed by atoms with E-state index in [0.717, 1.165) is 21.9 Å². The number of rotatable bonds is 5. The number of carbonyl (C=O) groups is 1. The number of hydrogen-bond acceptors (Lipinski definition) is 5. The number of hydrogen-bond donors (Lipinski definition) is 3. The van der Waals surface area contributed by atoms with Crippen LogP contribution in [0.3, 0.4) is 0 Å². The Kier molecular flexibility index (Phi) is 5.91. The van der Waals surface area contributed by atoms with E-state index in [0.29, 0.717) is 0 Å². The van der Waals surface area contributed by atoms with Gasteiger partial charge in [-0.3, -0.25) is 4.79 Å². The number of phenolic OH excluding ortho intramolecular Hbond substituents is 1. The molecule has 0 bridgehead atoms. The predicted molar refractivity (Wildman–Crippen MR) is 112 cm³/mol. The fourth-order valence-corrected chi connectivity index (χ4v) is 3.07. The second-order valence-electron chi connectivity index (χ2n) is 7.02. The van der Waals surface area contributed by atoms with Crippen LogP contribution in [-0.4, -0.2) is 22.3 Å². The first kappa shape index (κ1) is 20.1. The van der Waals surface area contributed by atoms with Crippen molar-refractivity contribution < 1.29 is 15.0 Å². The van der Waals surface area contributed by atoms with Crippen LogP contribution in [-0.2, 0) is 0 Å². The van der Waals surface area contributed by atoms with Gasteiger partial charge in [-0.25, -0.2) is 5.43 Å². The lowest BCUT2D eigenvalue weighted by atomic mass is 9.92. The Bertz CT molecular complexity index is 1130. The van der Waals surface area contributed by atoms with E-state index in [1.807, 2.05) is 56.3 Å². The third-order valence-corrected chi connectivity index (χ3v) is 4.69. The average Bonchev–Trinajstić information content (AvgIpc) is 2.73. The lowest BCUT2D eigenvalue weighted by Gasteiger charge is -2.18. The van der Waals surface area contributed by atoms with Crippen LogP contribution in [0.4, 0.5) is 0 Å². The smallest absolute Gasteiger partial charge is 0.271 e. The van der Waals surface area contributed by atoms with Gasteiger partial charge in [0.05, 0.1) is 17.9 Å². The molecular formula is C23H21N3O3. The zero-order valence-corrected chi connectivity index (χ0v) is 16.1. The Morgan fingerprint density at radius 3 is 2.55 bits per heavy atom. The molecule has 6 heteroatoms. The summed E-state index contributed by atoms with van der Waals surface area (Å²) < 4.78 is 0. The molecule has 3 aromatic rings. The van der Waals surface area contributed by atoms with E-state index >= 15 is 0 Å². The number of carbonyl (C=O) groups excluding carboxylic acids is 1. The number of fused-ring (bicyclic) bond motifs is 1. The normalized spacial score (nSPS) is 12.2. The lowest BCUT2D eigenvalue weighted by Crippen LogP contribution is -2.17. The highest BCUT2D eigenvalue weighted by Gasteiger charge is 2.16. The Morgan fingerprint density at radius 1 is 1.14 bits per heavy atom. The van der Waals surface area contributed by atoms with Gasteiger partial charge in [-0.15, -0.1) is 0 Å². The minimum atomic E-state index is -0.575. The summed E-state index contributed by atoms with van der Waals surface area (Å²) in [6, 6.07) is 17.3. The maximum absolute atomic E-state index is 12.2. The number of aliphatic hydroxyl groups is 1. The van der Waals surface area contributed by atoms with E-state index in [2.05, 4.69) is 10.5 Å². The summed E-state index contributed by atoms with van der Waals surface area (Å²) in [7, 11) is 0. The number of nitrogens with zero attached hydrogens (tertiary/aromatic N) is 2. The van der Waals surface area contributed by atoms with E-state index in [9.17, 15) is 15.0 Å². The van der Waals surface area contributed by atoms with Gasteiger partial charge in [0.25, 0.3) is 5.91 Å². The van der Waals surface area contributed by atoms with Crippen molar-refractivity contribution in [3.05, 3.63) is 76.9 Å². The first-order valence-corrected chi connectivity index (χ1v) is 9.18. The summed E-state index contributed by atoms with van der Waals surface area (Å²) in [5.41, 5.74) is 4.32. The first-order chi connectivity index (χ1) is 13.9. The molecule has 0 aliphatic heterocycles. The molecule has 29 heavy (non-hydrogen) atoms. The van der Waals surface area contributed by atoms with Crippen molar-refractivity contribution in [2.75, 3.05) is 0 Å². The summed E-state index contributed by atoms with van der Waals surface area (Å²) in [5, 5.41) is 34.9. The van der Waals surface area contributed by atoms with Gasteiger partial charge in [0, 0.05) is 11.1 Å². The number of aromatic hydroxyl groups is 1. The number of hydrazone groups is 1. The molecule has 0 heterocycles.